The molecule has 168 valence electrons. The van der Waals surface area contributed by atoms with E-state index in [-0.39, 0.29) is 11.1 Å². The van der Waals surface area contributed by atoms with Crippen molar-refractivity contribution in [2.45, 2.75) is 57.2 Å². The van der Waals surface area contributed by atoms with Gasteiger partial charge in [0.15, 0.2) is 5.16 Å². The number of thioether (sulfide) groups is 1. The molecule has 1 N–H and O–H groups in total. The van der Waals surface area contributed by atoms with Crippen molar-refractivity contribution in [3.05, 3.63) is 62.2 Å². The number of para-hydroxylation sites is 1. The van der Waals surface area contributed by atoms with Gasteiger partial charge in [0.25, 0.3) is 11.1 Å². The molecule has 0 saturated heterocycles. The maximum Gasteiger partial charge on any atom is 0.268 e. The SMILES string of the molecule is CC(C)N(CCn1c(SCc2nc3ccsc3c(=O)[nH]2)nc2ccccc2c1=O)C(C)C. The zero-order valence-electron chi connectivity index (χ0n) is 18.7. The average Bonchev–Trinajstić information content (AvgIpc) is 3.23. The molecule has 0 atom stereocenters. The van der Waals surface area contributed by atoms with Gasteiger partial charge in [-0.3, -0.25) is 19.1 Å². The van der Waals surface area contributed by atoms with Crippen molar-refractivity contribution in [1.82, 2.24) is 24.4 Å². The molecule has 0 amide bonds. The maximum atomic E-state index is 13.3. The summed E-state index contributed by atoms with van der Waals surface area (Å²) in [7, 11) is 0. The van der Waals surface area contributed by atoms with E-state index < -0.39 is 0 Å². The van der Waals surface area contributed by atoms with E-state index in [1.54, 1.807) is 4.57 Å². The topological polar surface area (TPSA) is 83.9 Å². The summed E-state index contributed by atoms with van der Waals surface area (Å²) in [5.41, 5.74) is 1.20. The highest BCUT2D eigenvalue weighted by molar-refractivity contribution is 7.98. The third-order valence-electron chi connectivity index (χ3n) is 5.44. The Bertz CT molecular complexity index is 1350. The lowest BCUT2D eigenvalue weighted by Gasteiger charge is -2.30. The van der Waals surface area contributed by atoms with Crippen molar-refractivity contribution in [2.75, 3.05) is 6.54 Å². The maximum absolute atomic E-state index is 13.3. The zero-order valence-corrected chi connectivity index (χ0v) is 20.3. The molecule has 0 fully saturated rings. The van der Waals surface area contributed by atoms with Crippen LogP contribution in [-0.4, -0.2) is 43.0 Å². The summed E-state index contributed by atoms with van der Waals surface area (Å²) in [5, 5.41) is 3.11. The first-order chi connectivity index (χ1) is 15.3. The third-order valence-corrected chi connectivity index (χ3v) is 7.33. The Morgan fingerprint density at radius 1 is 1.06 bits per heavy atom. The Kier molecular flexibility index (Phi) is 6.78. The molecular formula is C23H27N5O2S2. The van der Waals surface area contributed by atoms with E-state index in [2.05, 4.69) is 42.6 Å². The van der Waals surface area contributed by atoms with Gasteiger partial charge in [-0.05, 0) is 51.3 Å². The lowest BCUT2D eigenvalue weighted by molar-refractivity contribution is 0.166. The molecule has 9 heteroatoms. The number of fused-ring (bicyclic) bond motifs is 2. The summed E-state index contributed by atoms with van der Waals surface area (Å²) in [6, 6.07) is 10.0. The number of nitrogens with zero attached hydrogens (tertiary/aromatic N) is 4. The summed E-state index contributed by atoms with van der Waals surface area (Å²) in [4.78, 5) is 40.2. The summed E-state index contributed by atoms with van der Waals surface area (Å²) in [6.07, 6.45) is 0. The van der Waals surface area contributed by atoms with E-state index in [1.807, 2.05) is 35.7 Å². The van der Waals surface area contributed by atoms with Crippen LogP contribution in [0.5, 0.6) is 0 Å². The summed E-state index contributed by atoms with van der Waals surface area (Å²) in [6.45, 7) is 9.96. The number of rotatable bonds is 8. The van der Waals surface area contributed by atoms with E-state index >= 15 is 0 Å². The molecule has 3 aromatic heterocycles. The molecule has 0 saturated carbocycles. The van der Waals surface area contributed by atoms with Crippen LogP contribution < -0.4 is 11.1 Å². The van der Waals surface area contributed by atoms with Gasteiger partial charge < -0.3 is 4.98 Å². The van der Waals surface area contributed by atoms with Crippen LogP contribution in [0.1, 0.15) is 33.5 Å². The number of hydrogen-bond donors (Lipinski definition) is 1. The van der Waals surface area contributed by atoms with Crippen molar-refractivity contribution in [1.29, 1.82) is 0 Å². The standard InChI is InChI=1S/C23H27N5O2S2/c1-14(2)27(15(3)4)10-11-28-22(30)16-7-5-6-8-17(16)25-23(28)32-13-19-24-18-9-12-31-20(18)21(29)26-19/h5-9,12,14-15H,10-11,13H2,1-4H3,(H,24,26,29). The Morgan fingerprint density at radius 2 is 1.81 bits per heavy atom. The van der Waals surface area contributed by atoms with Gasteiger partial charge in [-0.25, -0.2) is 9.97 Å². The van der Waals surface area contributed by atoms with Crippen molar-refractivity contribution in [3.8, 4) is 0 Å². The molecule has 32 heavy (non-hydrogen) atoms. The van der Waals surface area contributed by atoms with E-state index in [0.717, 1.165) is 6.54 Å². The molecule has 4 rings (SSSR count). The van der Waals surface area contributed by atoms with Crippen LogP contribution in [0.4, 0.5) is 0 Å². The summed E-state index contributed by atoms with van der Waals surface area (Å²) >= 11 is 2.80. The second-order valence-corrected chi connectivity index (χ2v) is 10.1. The monoisotopic (exact) mass is 469 g/mol. The molecule has 0 unspecified atom stereocenters. The number of H-pyrrole nitrogens is 1. The van der Waals surface area contributed by atoms with Crippen molar-refractivity contribution in [2.24, 2.45) is 0 Å². The van der Waals surface area contributed by atoms with Crippen molar-refractivity contribution >= 4 is 44.2 Å². The van der Waals surface area contributed by atoms with Gasteiger partial charge in [-0.15, -0.1) is 11.3 Å². The van der Waals surface area contributed by atoms with Gasteiger partial charge in [0.2, 0.25) is 0 Å². The van der Waals surface area contributed by atoms with Gasteiger partial charge >= 0.3 is 0 Å². The fourth-order valence-corrected chi connectivity index (χ4v) is 5.53. The minimum absolute atomic E-state index is 0.0414. The average molecular weight is 470 g/mol. The minimum Gasteiger partial charge on any atom is -0.309 e. The highest BCUT2D eigenvalue weighted by atomic mass is 32.2. The number of aromatic nitrogens is 4. The molecule has 0 bridgehead atoms. The van der Waals surface area contributed by atoms with Crippen LogP contribution in [0.25, 0.3) is 21.1 Å². The van der Waals surface area contributed by atoms with E-state index in [0.29, 0.717) is 56.5 Å². The second-order valence-electron chi connectivity index (χ2n) is 8.23. The van der Waals surface area contributed by atoms with E-state index in [4.69, 9.17) is 4.98 Å². The van der Waals surface area contributed by atoms with Gasteiger partial charge in [-0.1, -0.05) is 23.9 Å². The number of benzene rings is 1. The number of aromatic amines is 1. The van der Waals surface area contributed by atoms with E-state index in [9.17, 15) is 9.59 Å². The van der Waals surface area contributed by atoms with E-state index in [1.165, 1.54) is 23.1 Å². The highest BCUT2D eigenvalue weighted by Gasteiger charge is 2.17. The number of thiophene rings is 1. The van der Waals surface area contributed by atoms with Crippen molar-refractivity contribution < 1.29 is 0 Å². The lowest BCUT2D eigenvalue weighted by Crippen LogP contribution is -2.40. The zero-order chi connectivity index (χ0) is 22.8. The molecular weight excluding hydrogens is 442 g/mol. The molecule has 0 aliphatic rings. The van der Waals surface area contributed by atoms with Crippen molar-refractivity contribution in [3.63, 3.8) is 0 Å². The van der Waals surface area contributed by atoms with Crippen LogP contribution in [0.15, 0.2) is 50.5 Å². The first-order valence-electron chi connectivity index (χ1n) is 10.7. The first-order valence-corrected chi connectivity index (χ1v) is 12.6. The molecule has 7 nitrogen and oxygen atoms in total. The molecule has 3 heterocycles. The Hall–Kier alpha value is -2.49. The molecule has 0 spiro atoms. The van der Waals surface area contributed by atoms with Crippen LogP contribution >= 0.6 is 23.1 Å². The Morgan fingerprint density at radius 3 is 2.56 bits per heavy atom. The number of nitrogens with one attached hydrogen (secondary N) is 1. The second kappa shape index (κ2) is 9.56. The van der Waals surface area contributed by atoms with Gasteiger partial charge in [0, 0.05) is 25.2 Å². The third kappa shape index (κ3) is 4.65. The van der Waals surface area contributed by atoms with Crippen LogP contribution in [0.2, 0.25) is 0 Å². The van der Waals surface area contributed by atoms with Gasteiger partial charge in [0.05, 0.1) is 22.2 Å². The van der Waals surface area contributed by atoms with Crippen LogP contribution in [-0.2, 0) is 12.3 Å². The normalized spacial score (nSPS) is 12.1. The van der Waals surface area contributed by atoms with Crippen LogP contribution in [0, 0.1) is 0 Å². The van der Waals surface area contributed by atoms with Crippen LogP contribution in [0.3, 0.4) is 0 Å². The predicted molar refractivity (Wildman–Crippen MR) is 133 cm³/mol. The first kappa shape index (κ1) is 22.7. The van der Waals surface area contributed by atoms with Gasteiger partial charge in [-0.2, -0.15) is 0 Å². The predicted octanol–water partition coefficient (Wildman–Crippen LogP) is 4.11. The lowest BCUT2D eigenvalue weighted by atomic mass is 10.2. The quantitative estimate of drug-likeness (QED) is 0.309. The Labute approximate surface area is 194 Å². The molecule has 1 aromatic carbocycles. The number of hydrogen-bond acceptors (Lipinski definition) is 7. The molecule has 0 aliphatic heterocycles. The van der Waals surface area contributed by atoms with Gasteiger partial charge in [0.1, 0.15) is 10.5 Å². The molecule has 0 radical (unpaired) electrons. The molecule has 0 aliphatic carbocycles. The molecule has 4 aromatic rings. The largest absolute Gasteiger partial charge is 0.309 e. The smallest absolute Gasteiger partial charge is 0.268 e. The summed E-state index contributed by atoms with van der Waals surface area (Å²) in [5.74, 6) is 0.995. The minimum atomic E-state index is -0.131. The summed E-state index contributed by atoms with van der Waals surface area (Å²) < 4.78 is 2.38. The highest BCUT2D eigenvalue weighted by Crippen LogP contribution is 2.22. The fraction of sp³-hybridized carbons (Fsp3) is 0.391. The Balaban J connectivity index is 1.67. The fourth-order valence-electron chi connectivity index (χ4n) is 3.91.